The van der Waals surface area contributed by atoms with Gasteiger partial charge >= 0.3 is 5.97 Å². The molecule has 3 amide bonds. The van der Waals surface area contributed by atoms with Crippen LogP contribution in [0.2, 0.25) is 0 Å². The number of furan rings is 1. The van der Waals surface area contributed by atoms with Crippen LogP contribution in [-0.2, 0) is 9.59 Å². The Morgan fingerprint density at radius 1 is 1.03 bits per heavy atom. The van der Waals surface area contributed by atoms with Crippen molar-refractivity contribution in [3.05, 3.63) is 82.2 Å². The molecule has 2 aromatic carbocycles. The average molecular weight is 502 g/mol. The highest BCUT2D eigenvalue weighted by Gasteiger charge is 2.36. The zero-order valence-corrected chi connectivity index (χ0v) is 18.2. The number of carbonyl (C=O) groups excluding carboxylic acids is 3. The number of amides is 3. The summed E-state index contributed by atoms with van der Waals surface area (Å²) in [6.45, 7) is -0.796. The summed E-state index contributed by atoms with van der Waals surface area (Å²) in [6, 6.07) is 10.5. The quantitative estimate of drug-likeness (QED) is 0.370. The third-order valence-electron chi connectivity index (χ3n) is 4.81. The van der Waals surface area contributed by atoms with Gasteiger partial charge in [0.1, 0.15) is 18.1 Å². The number of carboxylic acids is 1. The number of carbonyl (C=O) groups is 4. The fourth-order valence-corrected chi connectivity index (χ4v) is 4.00. The van der Waals surface area contributed by atoms with Gasteiger partial charge in [0.25, 0.3) is 11.1 Å². The number of hydrogen-bond acceptors (Lipinski definition) is 6. The molecular formula is C23H13F3N2O6S. The van der Waals surface area contributed by atoms with Gasteiger partial charge in [0, 0.05) is 11.6 Å². The van der Waals surface area contributed by atoms with E-state index in [1.807, 2.05) is 5.32 Å². The molecule has 0 atom stereocenters. The van der Waals surface area contributed by atoms with Crippen LogP contribution in [0, 0.1) is 17.5 Å². The van der Waals surface area contributed by atoms with Gasteiger partial charge in [-0.25, -0.2) is 18.0 Å². The number of imide groups is 1. The number of carboxylic acid groups (broad SMARTS) is 1. The fourth-order valence-electron chi connectivity index (χ4n) is 3.18. The topological polar surface area (TPSA) is 117 Å². The van der Waals surface area contributed by atoms with E-state index in [2.05, 4.69) is 0 Å². The summed E-state index contributed by atoms with van der Waals surface area (Å²) in [5.41, 5.74) is -0.327. The zero-order chi connectivity index (χ0) is 25.3. The average Bonchev–Trinajstić information content (AvgIpc) is 3.39. The Morgan fingerprint density at radius 3 is 2.51 bits per heavy atom. The molecule has 2 heterocycles. The van der Waals surface area contributed by atoms with Crippen LogP contribution in [0.4, 0.5) is 23.7 Å². The second kappa shape index (κ2) is 9.50. The Morgan fingerprint density at radius 2 is 1.77 bits per heavy atom. The van der Waals surface area contributed by atoms with E-state index < -0.39 is 52.7 Å². The number of benzene rings is 2. The van der Waals surface area contributed by atoms with E-state index in [-0.39, 0.29) is 22.0 Å². The number of nitrogens with one attached hydrogen (secondary N) is 1. The summed E-state index contributed by atoms with van der Waals surface area (Å²) in [5, 5.41) is 10.5. The van der Waals surface area contributed by atoms with Gasteiger partial charge in [-0.3, -0.25) is 19.3 Å². The molecule has 0 aliphatic carbocycles. The highest BCUT2D eigenvalue weighted by molar-refractivity contribution is 8.18. The molecule has 178 valence electrons. The Hall–Kier alpha value is -4.32. The van der Waals surface area contributed by atoms with E-state index in [1.54, 1.807) is 18.2 Å². The van der Waals surface area contributed by atoms with Crippen molar-refractivity contribution in [3.8, 4) is 11.3 Å². The van der Waals surface area contributed by atoms with E-state index in [1.165, 1.54) is 24.3 Å². The van der Waals surface area contributed by atoms with Crippen molar-refractivity contribution in [3.63, 3.8) is 0 Å². The maximum Gasteiger partial charge on any atom is 0.336 e. The van der Waals surface area contributed by atoms with Gasteiger partial charge in [-0.05, 0) is 42.1 Å². The monoisotopic (exact) mass is 502 g/mol. The predicted octanol–water partition coefficient (Wildman–Crippen LogP) is 4.74. The van der Waals surface area contributed by atoms with Gasteiger partial charge in [0.2, 0.25) is 5.91 Å². The fraction of sp³-hybridized carbons (Fsp3) is 0.0435. The molecule has 2 N–H and O–H groups in total. The van der Waals surface area contributed by atoms with Crippen LogP contribution in [0.1, 0.15) is 16.1 Å². The molecule has 0 radical (unpaired) electrons. The van der Waals surface area contributed by atoms with Gasteiger partial charge in [0.15, 0.2) is 17.5 Å². The van der Waals surface area contributed by atoms with Gasteiger partial charge in [-0.2, -0.15) is 0 Å². The zero-order valence-electron chi connectivity index (χ0n) is 17.4. The molecule has 1 aromatic heterocycles. The molecule has 3 aromatic rings. The molecule has 1 fully saturated rings. The van der Waals surface area contributed by atoms with E-state index in [0.717, 1.165) is 6.07 Å². The lowest BCUT2D eigenvalue weighted by Crippen LogP contribution is -2.36. The Labute approximate surface area is 199 Å². The minimum Gasteiger partial charge on any atom is -0.478 e. The predicted molar refractivity (Wildman–Crippen MR) is 119 cm³/mol. The molecule has 4 rings (SSSR count). The number of rotatable bonds is 6. The minimum atomic E-state index is -1.78. The second-order valence-corrected chi connectivity index (χ2v) is 8.08. The number of anilines is 1. The summed E-state index contributed by atoms with van der Waals surface area (Å²) in [7, 11) is 0. The third-order valence-corrected chi connectivity index (χ3v) is 5.72. The minimum absolute atomic E-state index is 0.0113. The highest BCUT2D eigenvalue weighted by atomic mass is 32.2. The smallest absolute Gasteiger partial charge is 0.336 e. The molecule has 35 heavy (non-hydrogen) atoms. The van der Waals surface area contributed by atoms with Crippen LogP contribution >= 0.6 is 11.8 Å². The first-order valence-electron chi connectivity index (χ1n) is 9.77. The number of aromatic carboxylic acids is 1. The van der Waals surface area contributed by atoms with E-state index in [9.17, 15) is 37.5 Å². The standard InChI is InChI=1S/C23H13F3N2O6S/c24-14-6-7-15(20(26)19(14)25)27-18(29)10-28-21(30)17(35-23(28)33)9-11-5-8-16(34-11)12-3-1-2-4-13(12)22(31)32/h1-9H,10H2,(H,27,29)(H,31,32)/b17-9-. The summed E-state index contributed by atoms with van der Waals surface area (Å²) in [5.74, 6) is -7.45. The Kier molecular flexibility index (Phi) is 6.47. The lowest BCUT2D eigenvalue weighted by Gasteiger charge is -2.13. The second-order valence-electron chi connectivity index (χ2n) is 7.09. The van der Waals surface area contributed by atoms with Crippen molar-refractivity contribution in [2.24, 2.45) is 0 Å². The van der Waals surface area contributed by atoms with Crippen LogP contribution in [0.5, 0.6) is 0 Å². The maximum atomic E-state index is 13.8. The highest BCUT2D eigenvalue weighted by Crippen LogP contribution is 2.34. The first-order valence-corrected chi connectivity index (χ1v) is 10.6. The summed E-state index contributed by atoms with van der Waals surface area (Å²) < 4.78 is 45.7. The normalized spacial score (nSPS) is 14.6. The number of nitrogens with zero attached hydrogens (tertiary/aromatic N) is 1. The van der Waals surface area contributed by atoms with Crippen molar-refractivity contribution in [1.29, 1.82) is 0 Å². The lowest BCUT2D eigenvalue weighted by molar-refractivity contribution is -0.127. The molecule has 0 spiro atoms. The van der Waals surface area contributed by atoms with Crippen LogP contribution in [0.3, 0.4) is 0 Å². The van der Waals surface area contributed by atoms with Crippen LogP contribution < -0.4 is 5.32 Å². The Balaban J connectivity index is 1.49. The lowest BCUT2D eigenvalue weighted by atomic mass is 10.1. The van der Waals surface area contributed by atoms with Gasteiger partial charge in [-0.1, -0.05) is 18.2 Å². The number of halogens is 3. The molecule has 1 saturated heterocycles. The van der Waals surface area contributed by atoms with Gasteiger partial charge < -0.3 is 14.8 Å². The Bertz CT molecular complexity index is 1420. The maximum absolute atomic E-state index is 13.8. The van der Waals surface area contributed by atoms with Gasteiger partial charge in [-0.15, -0.1) is 0 Å². The molecule has 1 aliphatic heterocycles. The summed E-state index contributed by atoms with van der Waals surface area (Å²) in [6.07, 6.45) is 1.25. The molecule has 12 heteroatoms. The molecule has 0 saturated carbocycles. The van der Waals surface area contributed by atoms with E-state index in [0.29, 0.717) is 28.3 Å². The molecule has 0 unspecified atom stereocenters. The van der Waals surface area contributed by atoms with Crippen molar-refractivity contribution in [2.45, 2.75) is 0 Å². The molecule has 0 bridgehead atoms. The molecule has 8 nitrogen and oxygen atoms in total. The third kappa shape index (κ3) is 4.82. The molecular weight excluding hydrogens is 489 g/mol. The van der Waals surface area contributed by atoms with Crippen molar-refractivity contribution >= 4 is 46.5 Å². The first kappa shape index (κ1) is 23.8. The van der Waals surface area contributed by atoms with E-state index in [4.69, 9.17) is 4.42 Å². The molecule has 1 aliphatic rings. The van der Waals surface area contributed by atoms with Crippen LogP contribution in [0.25, 0.3) is 17.4 Å². The number of thioether (sulfide) groups is 1. The van der Waals surface area contributed by atoms with Crippen LogP contribution in [-0.4, -0.2) is 39.6 Å². The first-order chi connectivity index (χ1) is 16.7. The summed E-state index contributed by atoms with van der Waals surface area (Å²) >= 11 is 0.526. The van der Waals surface area contributed by atoms with Crippen LogP contribution in [0.15, 0.2) is 57.9 Å². The van der Waals surface area contributed by atoms with Gasteiger partial charge in [0.05, 0.1) is 16.2 Å². The van der Waals surface area contributed by atoms with Crippen molar-refractivity contribution in [2.75, 3.05) is 11.9 Å². The largest absolute Gasteiger partial charge is 0.478 e. The summed E-state index contributed by atoms with van der Waals surface area (Å²) in [4.78, 5) is 49.0. The number of hydrogen-bond donors (Lipinski definition) is 2. The SMILES string of the molecule is O=C(CN1C(=O)S/C(=C\c2ccc(-c3ccccc3C(=O)O)o2)C1=O)Nc1ccc(F)c(F)c1F. The van der Waals surface area contributed by atoms with Crippen molar-refractivity contribution in [1.82, 2.24) is 4.90 Å². The van der Waals surface area contributed by atoms with Crippen molar-refractivity contribution < 1.29 is 41.9 Å². The van der Waals surface area contributed by atoms with E-state index >= 15 is 0 Å².